The summed E-state index contributed by atoms with van der Waals surface area (Å²) in [6.45, 7) is 5.37. The van der Waals surface area contributed by atoms with Gasteiger partial charge >= 0.3 is 0 Å². The second kappa shape index (κ2) is 7.58. The van der Waals surface area contributed by atoms with Gasteiger partial charge in [-0.2, -0.15) is 11.3 Å². The maximum atomic E-state index is 7.96. The van der Waals surface area contributed by atoms with Crippen molar-refractivity contribution in [1.29, 1.82) is 5.41 Å². The van der Waals surface area contributed by atoms with Crippen LogP contribution in [0.1, 0.15) is 16.7 Å². The van der Waals surface area contributed by atoms with Crippen LogP contribution in [0, 0.1) is 12.3 Å². The molecule has 94 valence electrons. The fourth-order valence-corrected chi connectivity index (χ4v) is 1.94. The SMILES string of the molecule is C=CCO.Cc1ccc(C(=N)c2ccsc2)cc1. The van der Waals surface area contributed by atoms with Gasteiger partial charge in [-0.3, -0.25) is 5.41 Å². The van der Waals surface area contributed by atoms with Gasteiger partial charge in [0.25, 0.3) is 0 Å². The second-order valence-corrected chi connectivity index (χ2v) is 4.50. The molecule has 0 fully saturated rings. The Morgan fingerprint density at radius 2 is 1.89 bits per heavy atom. The molecular weight excluding hydrogens is 242 g/mol. The van der Waals surface area contributed by atoms with Gasteiger partial charge in [-0.05, 0) is 18.4 Å². The summed E-state index contributed by atoms with van der Waals surface area (Å²) in [5.74, 6) is 0. The van der Waals surface area contributed by atoms with Gasteiger partial charge in [0.05, 0.1) is 12.3 Å². The number of hydrogen-bond acceptors (Lipinski definition) is 3. The maximum absolute atomic E-state index is 7.96. The van der Waals surface area contributed by atoms with E-state index in [1.807, 2.05) is 41.1 Å². The van der Waals surface area contributed by atoms with Crippen LogP contribution in [0.5, 0.6) is 0 Å². The quantitative estimate of drug-likeness (QED) is 0.641. The first-order valence-electron chi connectivity index (χ1n) is 5.59. The lowest BCUT2D eigenvalue weighted by Crippen LogP contribution is -1.98. The molecule has 0 saturated carbocycles. The Bertz CT molecular complexity index is 486. The zero-order chi connectivity index (χ0) is 13.4. The molecule has 0 bridgehead atoms. The summed E-state index contributed by atoms with van der Waals surface area (Å²) in [5.41, 5.74) is 3.81. The van der Waals surface area contributed by atoms with Crippen molar-refractivity contribution in [2.45, 2.75) is 6.92 Å². The van der Waals surface area contributed by atoms with E-state index >= 15 is 0 Å². The number of nitrogens with one attached hydrogen (secondary N) is 1. The first kappa shape index (κ1) is 14.4. The molecule has 2 rings (SSSR count). The Hall–Kier alpha value is -1.71. The predicted molar refractivity (Wildman–Crippen MR) is 78.7 cm³/mol. The molecule has 0 aliphatic heterocycles. The Morgan fingerprint density at radius 3 is 2.33 bits per heavy atom. The molecule has 2 aromatic rings. The summed E-state index contributed by atoms with van der Waals surface area (Å²) < 4.78 is 0. The number of thiophene rings is 1. The number of aryl methyl sites for hydroxylation is 1. The van der Waals surface area contributed by atoms with E-state index in [0.29, 0.717) is 5.71 Å². The van der Waals surface area contributed by atoms with Gasteiger partial charge in [0.1, 0.15) is 0 Å². The minimum atomic E-state index is 0.0833. The van der Waals surface area contributed by atoms with Crippen molar-refractivity contribution in [2.75, 3.05) is 6.61 Å². The van der Waals surface area contributed by atoms with Gasteiger partial charge in [0.2, 0.25) is 0 Å². The topological polar surface area (TPSA) is 44.1 Å². The average Bonchev–Trinajstić information content (AvgIpc) is 2.93. The van der Waals surface area contributed by atoms with E-state index < -0.39 is 0 Å². The molecule has 2 nitrogen and oxygen atoms in total. The van der Waals surface area contributed by atoms with Crippen LogP contribution >= 0.6 is 11.3 Å². The molecule has 3 heteroatoms. The summed E-state index contributed by atoms with van der Waals surface area (Å²) >= 11 is 1.62. The third-order valence-corrected chi connectivity index (χ3v) is 2.96. The van der Waals surface area contributed by atoms with E-state index in [1.165, 1.54) is 11.6 Å². The van der Waals surface area contributed by atoms with Crippen molar-refractivity contribution < 1.29 is 5.11 Å². The summed E-state index contributed by atoms with van der Waals surface area (Å²) in [6, 6.07) is 10.0. The van der Waals surface area contributed by atoms with Gasteiger partial charge in [-0.15, -0.1) is 6.58 Å². The fourth-order valence-electron chi connectivity index (χ4n) is 1.29. The van der Waals surface area contributed by atoms with Gasteiger partial charge in [0.15, 0.2) is 0 Å². The van der Waals surface area contributed by atoms with E-state index in [9.17, 15) is 0 Å². The standard InChI is InChI=1S/C12H11NS.C3H6O/c1-9-2-4-10(5-3-9)12(13)11-6-7-14-8-11;1-2-3-4/h2-8,13H,1H3;2,4H,1,3H2. The molecule has 0 aliphatic carbocycles. The normalized spacial score (nSPS) is 9.22. The zero-order valence-electron chi connectivity index (χ0n) is 10.4. The van der Waals surface area contributed by atoms with Crippen LogP contribution in [-0.2, 0) is 0 Å². The molecule has 0 spiro atoms. The molecular formula is C15H17NOS. The van der Waals surface area contributed by atoms with Crippen molar-refractivity contribution in [2.24, 2.45) is 0 Å². The minimum Gasteiger partial charge on any atom is -0.392 e. The number of aliphatic hydroxyl groups is 1. The molecule has 0 saturated heterocycles. The van der Waals surface area contributed by atoms with Gasteiger partial charge in [-0.25, -0.2) is 0 Å². The van der Waals surface area contributed by atoms with Crippen LogP contribution in [0.15, 0.2) is 53.7 Å². The van der Waals surface area contributed by atoms with Crippen molar-refractivity contribution in [3.63, 3.8) is 0 Å². The fraction of sp³-hybridized carbons (Fsp3) is 0.133. The average molecular weight is 259 g/mol. The van der Waals surface area contributed by atoms with Crippen LogP contribution in [-0.4, -0.2) is 17.4 Å². The van der Waals surface area contributed by atoms with E-state index in [0.717, 1.165) is 11.1 Å². The van der Waals surface area contributed by atoms with Crippen LogP contribution < -0.4 is 0 Å². The smallest absolute Gasteiger partial charge is 0.0692 e. The minimum absolute atomic E-state index is 0.0833. The molecule has 1 aromatic heterocycles. The molecule has 0 aliphatic rings. The number of aliphatic hydroxyl groups excluding tert-OH is 1. The van der Waals surface area contributed by atoms with Gasteiger partial charge in [0, 0.05) is 16.5 Å². The summed E-state index contributed by atoms with van der Waals surface area (Å²) in [7, 11) is 0. The van der Waals surface area contributed by atoms with Crippen LogP contribution in [0.25, 0.3) is 0 Å². The summed E-state index contributed by atoms with van der Waals surface area (Å²) in [5, 5.41) is 19.7. The van der Waals surface area contributed by atoms with E-state index in [2.05, 4.69) is 13.5 Å². The first-order valence-corrected chi connectivity index (χ1v) is 6.53. The molecule has 18 heavy (non-hydrogen) atoms. The highest BCUT2D eigenvalue weighted by molar-refractivity contribution is 7.08. The van der Waals surface area contributed by atoms with Gasteiger partial charge in [-0.1, -0.05) is 35.9 Å². The molecule has 2 N–H and O–H groups in total. The lowest BCUT2D eigenvalue weighted by Gasteiger charge is -2.01. The molecule has 1 heterocycles. The largest absolute Gasteiger partial charge is 0.392 e. The number of hydrogen-bond donors (Lipinski definition) is 2. The molecule has 0 radical (unpaired) electrons. The highest BCUT2D eigenvalue weighted by Gasteiger charge is 2.03. The molecule has 0 amide bonds. The van der Waals surface area contributed by atoms with Crippen LogP contribution in [0.2, 0.25) is 0 Å². The highest BCUT2D eigenvalue weighted by atomic mass is 32.1. The first-order chi connectivity index (χ1) is 8.69. The number of rotatable bonds is 3. The van der Waals surface area contributed by atoms with Crippen molar-refractivity contribution >= 4 is 17.0 Å². The van der Waals surface area contributed by atoms with Crippen LogP contribution in [0.3, 0.4) is 0 Å². The number of benzene rings is 1. The van der Waals surface area contributed by atoms with Crippen molar-refractivity contribution in [3.05, 3.63) is 70.4 Å². The predicted octanol–water partition coefficient (Wildman–Crippen LogP) is 3.64. The monoisotopic (exact) mass is 259 g/mol. The lowest BCUT2D eigenvalue weighted by molar-refractivity contribution is 0.343. The third-order valence-electron chi connectivity index (χ3n) is 2.28. The van der Waals surface area contributed by atoms with Gasteiger partial charge < -0.3 is 5.11 Å². The Morgan fingerprint density at radius 1 is 1.28 bits per heavy atom. The highest BCUT2D eigenvalue weighted by Crippen LogP contribution is 2.13. The lowest BCUT2D eigenvalue weighted by atomic mass is 10.0. The third kappa shape index (κ3) is 4.28. The molecule has 0 unspecified atom stereocenters. The van der Waals surface area contributed by atoms with E-state index in [-0.39, 0.29) is 6.61 Å². The van der Waals surface area contributed by atoms with Crippen molar-refractivity contribution in [1.82, 2.24) is 0 Å². The molecule has 0 atom stereocenters. The summed E-state index contributed by atoms with van der Waals surface area (Å²) in [4.78, 5) is 0. The Labute approximate surface area is 112 Å². The zero-order valence-corrected chi connectivity index (χ0v) is 11.2. The van der Waals surface area contributed by atoms with Crippen LogP contribution in [0.4, 0.5) is 0 Å². The van der Waals surface area contributed by atoms with E-state index in [1.54, 1.807) is 11.3 Å². The second-order valence-electron chi connectivity index (χ2n) is 3.72. The maximum Gasteiger partial charge on any atom is 0.0692 e. The van der Waals surface area contributed by atoms with E-state index in [4.69, 9.17) is 10.5 Å². The Balaban J connectivity index is 0.000000357. The van der Waals surface area contributed by atoms with Crippen molar-refractivity contribution in [3.8, 4) is 0 Å². The molecule has 1 aromatic carbocycles. The summed E-state index contributed by atoms with van der Waals surface area (Å²) in [6.07, 6.45) is 1.43. The Kier molecular flexibility index (Phi) is 6.05.